The summed E-state index contributed by atoms with van der Waals surface area (Å²) in [5.41, 5.74) is 0.651. The van der Waals surface area contributed by atoms with Gasteiger partial charge in [0.15, 0.2) is 0 Å². The normalized spacial score (nSPS) is 11.4. The summed E-state index contributed by atoms with van der Waals surface area (Å²) in [6, 6.07) is 19.3. The number of carbonyl (C=O) groups is 6. The molecule has 3 aromatic rings. The van der Waals surface area contributed by atoms with Gasteiger partial charge in [-0.3, -0.25) is 0 Å². The Morgan fingerprint density at radius 2 is 0.742 bits per heavy atom. The second-order valence-electron chi connectivity index (χ2n) is 13.6. The molecule has 3 aromatic carbocycles. The largest absolute Gasteiger partial charge is 0.494 e. The summed E-state index contributed by atoms with van der Waals surface area (Å²) < 4.78 is 43.1. The van der Waals surface area contributed by atoms with Crippen LogP contribution in [-0.2, 0) is 38.1 Å². The van der Waals surface area contributed by atoms with Gasteiger partial charge in [0.05, 0.1) is 24.3 Å². The van der Waals surface area contributed by atoms with E-state index in [2.05, 4.69) is 26.3 Å². The third-order valence-corrected chi connectivity index (χ3v) is 8.86. The molecule has 62 heavy (non-hydrogen) atoms. The van der Waals surface area contributed by atoms with E-state index in [1.807, 2.05) is 0 Å². The van der Waals surface area contributed by atoms with Crippen molar-refractivity contribution in [2.75, 3.05) is 26.4 Å². The highest BCUT2D eigenvalue weighted by molar-refractivity contribution is 5.92. The molecule has 3 rings (SSSR count). The molecule has 0 aliphatic rings. The van der Waals surface area contributed by atoms with Gasteiger partial charge in [0.25, 0.3) is 0 Å². The lowest BCUT2D eigenvalue weighted by Crippen LogP contribution is -2.24. The second kappa shape index (κ2) is 28.5. The zero-order valence-electron chi connectivity index (χ0n) is 34.8. The zero-order valence-corrected chi connectivity index (χ0v) is 34.8. The molecule has 0 amide bonds. The molecule has 0 N–H and O–H groups in total. The van der Waals surface area contributed by atoms with Crippen molar-refractivity contribution in [3.8, 4) is 23.0 Å². The molecule has 0 bridgehead atoms. The summed E-state index contributed by atoms with van der Waals surface area (Å²) in [6.45, 7) is 14.3. The van der Waals surface area contributed by atoms with Crippen molar-refractivity contribution in [3.05, 3.63) is 135 Å². The van der Waals surface area contributed by atoms with Gasteiger partial charge in [0, 0.05) is 24.3 Å². The molecule has 0 saturated heterocycles. The Kier molecular flexibility index (Phi) is 22.7. The van der Waals surface area contributed by atoms with Gasteiger partial charge in [-0.2, -0.15) is 0 Å². The maximum atomic E-state index is 12.8. The second-order valence-corrected chi connectivity index (χ2v) is 13.6. The van der Waals surface area contributed by atoms with E-state index in [1.165, 1.54) is 24.3 Å². The van der Waals surface area contributed by atoms with Gasteiger partial charge in [0.2, 0.25) is 0 Å². The molecule has 0 heterocycles. The molecular formula is C48H54O14. The van der Waals surface area contributed by atoms with Crippen LogP contribution in [-0.4, -0.2) is 74.5 Å². The fourth-order valence-corrected chi connectivity index (χ4v) is 5.56. The molecule has 2 atom stereocenters. The molecule has 0 radical (unpaired) electrons. The first kappa shape index (κ1) is 49.4. The van der Waals surface area contributed by atoms with E-state index in [9.17, 15) is 28.8 Å². The van der Waals surface area contributed by atoms with Crippen LogP contribution in [0.3, 0.4) is 0 Å². The van der Waals surface area contributed by atoms with Gasteiger partial charge in [-0.05, 0) is 111 Å². The van der Waals surface area contributed by atoms with E-state index < -0.39 is 48.0 Å². The smallest absolute Gasteiger partial charge is 0.343 e. The number of rotatable bonds is 30. The van der Waals surface area contributed by atoms with Gasteiger partial charge in [-0.25, -0.2) is 28.8 Å². The Labute approximate surface area is 362 Å². The average molecular weight is 855 g/mol. The summed E-state index contributed by atoms with van der Waals surface area (Å²) in [7, 11) is 0. The van der Waals surface area contributed by atoms with Crippen LogP contribution in [0.5, 0.6) is 23.0 Å². The lowest BCUT2D eigenvalue weighted by atomic mass is 10.1. The van der Waals surface area contributed by atoms with Gasteiger partial charge >= 0.3 is 35.8 Å². The fourth-order valence-electron chi connectivity index (χ4n) is 5.56. The minimum Gasteiger partial charge on any atom is -0.494 e. The predicted octanol–water partition coefficient (Wildman–Crippen LogP) is 8.44. The van der Waals surface area contributed by atoms with Crippen molar-refractivity contribution < 1.29 is 66.7 Å². The molecule has 0 aliphatic carbocycles. The minimum atomic E-state index is -0.585. The van der Waals surface area contributed by atoms with Crippen molar-refractivity contribution in [2.24, 2.45) is 0 Å². The highest BCUT2D eigenvalue weighted by Crippen LogP contribution is 2.22. The van der Waals surface area contributed by atoms with Crippen LogP contribution in [0.25, 0.3) is 0 Å². The first-order valence-corrected chi connectivity index (χ1v) is 20.3. The van der Waals surface area contributed by atoms with Crippen molar-refractivity contribution in [1.82, 2.24) is 0 Å². The van der Waals surface area contributed by atoms with E-state index >= 15 is 0 Å². The Balaban J connectivity index is 1.31. The van der Waals surface area contributed by atoms with Crippen LogP contribution in [0.2, 0.25) is 0 Å². The number of esters is 6. The first-order chi connectivity index (χ1) is 30.0. The highest BCUT2D eigenvalue weighted by atomic mass is 16.6. The summed E-state index contributed by atoms with van der Waals surface area (Å²) in [6.07, 6.45) is 10.7. The maximum absolute atomic E-state index is 12.8. The number of hydrogen-bond acceptors (Lipinski definition) is 14. The number of hydrogen-bond donors (Lipinski definition) is 0. The molecule has 330 valence electrons. The number of benzene rings is 3. The van der Waals surface area contributed by atoms with Crippen molar-refractivity contribution in [3.63, 3.8) is 0 Å². The lowest BCUT2D eigenvalue weighted by Gasteiger charge is -2.16. The maximum Gasteiger partial charge on any atom is 0.343 e. The van der Waals surface area contributed by atoms with Gasteiger partial charge in [0.1, 0.15) is 48.4 Å². The molecule has 0 saturated carbocycles. The van der Waals surface area contributed by atoms with Crippen molar-refractivity contribution in [1.29, 1.82) is 0 Å². The molecule has 14 nitrogen and oxygen atoms in total. The van der Waals surface area contributed by atoms with E-state index in [4.69, 9.17) is 37.9 Å². The van der Waals surface area contributed by atoms with Gasteiger partial charge in [-0.15, -0.1) is 0 Å². The quantitative estimate of drug-likeness (QED) is 0.0205. The molecular weight excluding hydrogens is 801 g/mol. The van der Waals surface area contributed by atoms with Crippen LogP contribution in [0.1, 0.15) is 84.9 Å². The average Bonchev–Trinajstić information content (AvgIpc) is 3.29. The molecule has 14 heteroatoms. The summed E-state index contributed by atoms with van der Waals surface area (Å²) >= 11 is 0. The summed E-state index contributed by atoms with van der Waals surface area (Å²) in [5.74, 6) is -1.72. The van der Waals surface area contributed by atoms with Crippen molar-refractivity contribution >= 4 is 35.8 Å². The van der Waals surface area contributed by atoms with Crippen molar-refractivity contribution in [2.45, 2.75) is 76.4 Å². The van der Waals surface area contributed by atoms with E-state index in [1.54, 1.807) is 48.5 Å². The lowest BCUT2D eigenvalue weighted by molar-refractivity contribution is -0.153. The number of ether oxygens (including phenoxy) is 8. The minimum absolute atomic E-state index is 0.0491. The van der Waals surface area contributed by atoms with E-state index in [0.717, 1.165) is 75.7 Å². The Hall–Kier alpha value is -6.96. The molecule has 0 fully saturated rings. The van der Waals surface area contributed by atoms with Crippen LogP contribution >= 0.6 is 0 Å². The fraction of sp³-hybridized carbons (Fsp3) is 0.333. The Bertz CT molecular complexity index is 1790. The topological polar surface area (TPSA) is 176 Å². The molecule has 2 unspecified atom stereocenters. The molecule has 0 aliphatic heterocycles. The Morgan fingerprint density at radius 1 is 0.419 bits per heavy atom. The van der Waals surface area contributed by atoms with Crippen LogP contribution in [0, 0.1) is 0 Å². The highest BCUT2D eigenvalue weighted by Gasteiger charge is 2.17. The number of unbranched alkanes of at least 4 members (excludes halogenated alkanes) is 6. The third-order valence-electron chi connectivity index (χ3n) is 8.86. The monoisotopic (exact) mass is 854 g/mol. The van der Waals surface area contributed by atoms with Crippen LogP contribution in [0.15, 0.2) is 123 Å². The van der Waals surface area contributed by atoms with E-state index in [-0.39, 0.29) is 24.7 Å². The SMILES string of the molecule is C=CC(=O)OCC(CCCCCCOc1ccc(C(=O)Oc2ccc(OC(=O)c3ccc(OCCCCCCC(COC(=O)C=C)OC(=O)C=C)cc3)cc2)cc1)OC(=O)C=C. The Morgan fingerprint density at radius 3 is 1.08 bits per heavy atom. The summed E-state index contributed by atoms with van der Waals surface area (Å²) in [5, 5.41) is 0. The zero-order chi connectivity index (χ0) is 45.0. The predicted molar refractivity (Wildman–Crippen MR) is 229 cm³/mol. The molecule has 0 aromatic heterocycles. The van der Waals surface area contributed by atoms with Crippen LogP contribution in [0.4, 0.5) is 0 Å². The van der Waals surface area contributed by atoms with Gasteiger partial charge in [-0.1, -0.05) is 52.0 Å². The third kappa shape index (κ3) is 19.9. The number of carbonyl (C=O) groups excluding carboxylic acids is 6. The molecule has 0 spiro atoms. The standard InChI is InChI=1S/C48H54O14/c1-5-43(49)57-33-41(59-45(51)7-3)17-13-9-11-15-31-55-37-23-19-35(20-24-37)47(53)61-39-27-29-40(30-28-39)62-48(54)36-21-25-38(26-22-36)56-32-16-12-10-14-18-42(60-46(52)8-4)34-58-44(50)6-2/h5-8,19-30,41-42H,1-4,9-18,31-34H2. The van der Waals surface area contributed by atoms with E-state index in [0.29, 0.717) is 48.7 Å². The first-order valence-electron chi connectivity index (χ1n) is 20.3. The summed E-state index contributed by atoms with van der Waals surface area (Å²) in [4.78, 5) is 71.4. The van der Waals surface area contributed by atoms with Gasteiger partial charge < -0.3 is 37.9 Å². The van der Waals surface area contributed by atoms with Crippen LogP contribution < -0.4 is 18.9 Å².